The van der Waals surface area contributed by atoms with Crippen molar-refractivity contribution < 1.29 is 13.9 Å². The molecule has 88 valence electrons. The zero-order valence-corrected chi connectivity index (χ0v) is 10.7. The Hall–Kier alpha value is -0.900. The van der Waals surface area contributed by atoms with Crippen LogP contribution in [0.5, 0.6) is 0 Å². The number of halogens is 2. The van der Waals surface area contributed by atoms with Crippen molar-refractivity contribution in [2.75, 3.05) is 6.61 Å². The number of alkyl halides is 1. The van der Waals surface area contributed by atoms with Gasteiger partial charge >= 0.3 is 5.97 Å². The molecule has 0 saturated carbocycles. The molecule has 4 heteroatoms. The number of hydrogen-bond donors (Lipinski definition) is 0. The molecular formula is C12H14BrFO2. The molecule has 1 atom stereocenters. The maximum Gasteiger partial charge on any atom is 0.338 e. The number of ether oxygens (including phenoxy) is 1. The van der Waals surface area contributed by atoms with Crippen molar-refractivity contribution in [2.24, 2.45) is 0 Å². The van der Waals surface area contributed by atoms with Crippen LogP contribution in [0.25, 0.3) is 0 Å². The van der Waals surface area contributed by atoms with Crippen molar-refractivity contribution in [2.45, 2.75) is 25.9 Å². The minimum atomic E-state index is -0.841. The molecule has 0 aliphatic rings. The average Bonchev–Trinajstić information content (AvgIpc) is 2.25. The first-order valence-electron chi connectivity index (χ1n) is 5.16. The van der Waals surface area contributed by atoms with E-state index in [-0.39, 0.29) is 12.6 Å². The summed E-state index contributed by atoms with van der Waals surface area (Å²) in [6, 6.07) is 6.93. The number of rotatable bonds is 5. The summed E-state index contributed by atoms with van der Waals surface area (Å²) >= 11 is 3.28. The number of carbonyl (C=O) groups excluding carboxylic acids is 1. The third-order valence-electron chi connectivity index (χ3n) is 2.06. The molecule has 0 aliphatic heterocycles. The van der Waals surface area contributed by atoms with Crippen molar-refractivity contribution in [3.63, 3.8) is 0 Å². The predicted molar refractivity (Wildman–Crippen MR) is 64.2 cm³/mol. The van der Waals surface area contributed by atoms with Crippen molar-refractivity contribution in [3.8, 4) is 0 Å². The number of esters is 1. The minimum absolute atomic E-state index is 0.267. The summed E-state index contributed by atoms with van der Waals surface area (Å²) in [5.74, 6) is -0.362. The highest BCUT2D eigenvalue weighted by Gasteiger charge is 2.06. The average molecular weight is 289 g/mol. The van der Waals surface area contributed by atoms with Gasteiger partial charge in [-0.25, -0.2) is 9.18 Å². The molecule has 0 bridgehead atoms. The van der Waals surface area contributed by atoms with Crippen LogP contribution in [-0.2, 0) is 4.74 Å². The minimum Gasteiger partial charge on any atom is -0.462 e. The Labute approximate surface area is 103 Å². The lowest BCUT2D eigenvalue weighted by Gasteiger charge is -2.05. The van der Waals surface area contributed by atoms with E-state index in [1.54, 1.807) is 24.3 Å². The summed E-state index contributed by atoms with van der Waals surface area (Å²) < 4.78 is 18.4. The van der Waals surface area contributed by atoms with E-state index in [1.165, 1.54) is 6.92 Å². The highest BCUT2D eigenvalue weighted by molar-refractivity contribution is 9.10. The molecule has 0 saturated heterocycles. The first kappa shape index (κ1) is 13.2. The van der Waals surface area contributed by atoms with Crippen molar-refractivity contribution in [1.29, 1.82) is 0 Å². The third-order valence-corrected chi connectivity index (χ3v) is 2.59. The van der Waals surface area contributed by atoms with Gasteiger partial charge in [0.25, 0.3) is 0 Å². The maximum atomic E-state index is 12.4. The standard InChI is InChI=1S/C12H14BrFO2/c1-9(14)3-2-8-16-12(15)10-4-6-11(13)7-5-10/h4-7,9H,2-3,8H2,1H3. The topological polar surface area (TPSA) is 26.3 Å². The fraction of sp³-hybridized carbons (Fsp3) is 0.417. The van der Waals surface area contributed by atoms with E-state index in [1.807, 2.05) is 0 Å². The SMILES string of the molecule is CC(F)CCCOC(=O)c1ccc(Br)cc1. The molecule has 0 N–H and O–H groups in total. The molecule has 2 nitrogen and oxygen atoms in total. The molecular weight excluding hydrogens is 275 g/mol. The van der Waals surface area contributed by atoms with E-state index in [4.69, 9.17) is 4.74 Å². The summed E-state index contributed by atoms with van der Waals surface area (Å²) in [5, 5.41) is 0. The second kappa shape index (κ2) is 6.63. The monoisotopic (exact) mass is 288 g/mol. The summed E-state index contributed by atoms with van der Waals surface area (Å²) in [6.07, 6.45) is 0.138. The summed E-state index contributed by atoms with van der Waals surface area (Å²) in [4.78, 5) is 11.5. The van der Waals surface area contributed by atoms with Gasteiger partial charge in [-0.3, -0.25) is 0 Å². The van der Waals surface area contributed by atoms with Gasteiger partial charge in [0.15, 0.2) is 0 Å². The lowest BCUT2D eigenvalue weighted by Crippen LogP contribution is -2.07. The van der Waals surface area contributed by atoms with Crippen LogP contribution < -0.4 is 0 Å². The highest BCUT2D eigenvalue weighted by Crippen LogP contribution is 2.11. The molecule has 0 spiro atoms. The van der Waals surface area contributed by atoms with E-state index >= 15 is 0 Å². The van der Waals surface area contributed by atoms with Gasteiger partial charge in [0.1, 0.15) is 0 Å². The molecule has 0 fully saturated rings. The second-order valence-electron chi connectivity index (χ2n) is 3.57. The Balaban J connectivity index is 2.32. The van der Waals surface area contributed by atoms with Crippen LogP contribution in [0.3, 0.4) is 0 Å². The lowest BCUT2D eigenvalue weighted by atomic mass is 10.2. The fourth-order valence-electron chi connectivity index (χ4n) is 1.20. The van der Waals surface area contributed by atoms with Gasteiger partial charge < -0.3 is 4.74 Å². The van der Waals surface area contributed by atoms with E-state index in [2.05, 4.69) is 15.9 Å². The van der Waals surface area contributed by atoms with E-state index in [0.29, 0.717) is 18.4 Å². The van der Waals surface area contributed by atoms with Gasteiger partial charge in [-0.15, -0.1) is 0 Å². The summed E-state index contributed by atoms with van der Waals surface area (Å²) in [7, 11) is 0. The quantitative estimate of drug-likeness (QED) is 0.609. The van der Waals surface area contributed by atoms with Gasteiger partial charge in [0.2, 0.25) is 0 Å². The molecule has 0 aromatic heterocycles. The molecule has 1 aromatic rings. The zero-order chi connectivity index (χ0) is 12.0. The Morgan fingerprint density at radius 2 is 2.06 bits per heavy atom. The molecule has 1 unspecified atom stereocenters. The Kier molecular flexibility index (Phi) is 5.46. The normalized spacial score (nSPS) is 12.2. The number of benzene rings is 1. The third kappa shape index (κ3) is 4.75. The van der Waals surface area contributed by atoms with Crippen LogP contribution in [0.15, 0.2) is 28.7 Å². The van der Waals surface area contributed by atoms with Crippen molar-refractivity contribution >= 4 is 21.9 Å². The zero-order valence-electron chi connectivity index (χ0n) is 9.08. The van der Waals surface area contributed by atoms with E-state index in [9.17, 15) is 9.18 Å². The predicted octanol–water partition coefficient (Wildman–Crippen LogP) is 3.74. The number of carbonyl (C=O) groups is 1. The molecule has 0 radical (unpaired) electrons. The smallest absolute Gasteiger partial charge is 0.338 e. The summed E-state index contributed by atoms with van der Waals surface area (Å²) in [5.41, 5.74) is 0.511. The molecule has 1 rings (SSSR count). The Morgan fingerprint density at radius 3 is 2.62 bits per heavy atom. The molecule has 1 aromatic carbocycles. The van der Waals surface area contributed by atoms with Crippen LogP contribution in [-0.4, -0.2) is 18.7 Å². The Bertz CT molecular complexity index is 335. The van der Waals surface area contributed by atoms with Crippen LogP contribution in [0.1, 0.15) is 30.1 Å². The van der Waals surface area contributed by atoms with E-state index < -0.39 is 6.17 Å². The lowest BCUT2D eigenvalue weighted by molar-refractivity contribution is 0.0491. The molecule has 0 heterocycles. The van der Waals surface area contributed by atoms with Crippen molar-refractivity contribution in [3.05, 3.63) is 34.3 Å². The van der Waals surface area contributed by atoms with Gasteiger partial charge in [0, 0.05) is 4.47 Å². The molecule has 0 aliphatic carbocycles. The highest BCUT2D eigenvalue weighted by atomic mass is 79.9. The van der Waals surface area contributed by atoms with Gasteiger partial charge in [0.05, 0.1) is 18.3 Å². The first-order valence-corrected chi connectivity index (χ1v) is 5.95. The van der Waals surface area contributed by atoms with Crippen LogP contribution >= 0.6 is 15.9 Å². The van der Waals surface area contributed by atoms with Crippen molar-refractivity contribution in [1.82, 2.24) is 0 Å². The van der Waals surface area contributed by atoms with Crippen LogP contribution in [0.4, 0.5) is 4.39 Å². The van der Waals surface area contributed by atoms with Gasteiger partial charge in [-0.05, 0) is 44.0 Å². The summed E-state index contributed by atoms with van der Waals surface area (Å²) in [6.45, 7) is 1.76. The maximum absolute atomic E-state index is 12.4. The van der Waals surface area contributed by atoms with Crippen LogP contribution in [0.2, 0.25) is 0 Å². The molecule has 0 amide bonds. The largest absolute Gasteiger partial charge is 0.462 e. The molecule has 16 heavy (non-hydrogen) atoms. The van der Waals surface area contributed by atoms with Crippen LogP contribution in [0, 0.1) is 0 Å². The first-order chi connectivity index (χ1) is 7.59. The second-order valence-corrected chi connectivity index (χ2v) is 4.48. The van der Waals surface area contributed by atoms with Gasteiger partial charge in [-0.2, -0.15) is 0 Å². The Morgan fingerprint density at radius 1 is 1.44 bits per heavy atom. The van der Waals surface area contributed by atoms with E-state index in [0.717, 1.165) is 4.47 Å². The fourth-order valence-corrected chi connectivity index (χ4v) is 1.46. The number of hydrogen-bond acceptors (Lipinski definition) is 2. The van der Waals surface area contributed by atoms with Gasteiger partial charge in [-0.1, -0.05) is 15.9 Å².